The third kappa shape index (κ3) is 2.65. The molecule has 2 aromatic rings. The van der Waals surface area contributed by atoms with Crippen LogP contribution in [0.5, 0.6) is 0 Å². The molecule has 3 rings (SSSR count). The van der Waals surface area contributed by atoms with Crippen molar-refractivity contribution in [2.75, 3.05) is 5.32 Å². The fraction of sp³-hybridized carbons (Fsp3) is 0.188. The topological polar surface area (TPSA) is 29.1 Å². The summed E-state index contributed by atoms with van der Waals surface area (Å²) in [5.74, 6) is -0.0620. The van der Waals surface area contributed by atoms with Crippen molar-refractivity contribution in [3.8, 4) is 0 Å². The van der Waals surface area contributed by atoms with E-state index >= 15 is 0 Å². The fourth-order valence-electron chi connectivity index (χ4n) is 2.35. The molecule has 1 fully saturated rings. The number of rotatable bonds is 3. The van der Waals surface area contributed by atoms with E-state index < -0.39 is 0 Å². The average molecular weight is 255 g/mol. The molecule has 0 heterocycles. The van der Waals surface area contributed by atoms with Crippen LogP contribution in [0, 0.1) is 11.7 Å². The Hall–Kier alpha value is -2.16. The number of carbonyl (C=O) groups is 1. The molecular weight excluding hydrogens is 241 g/mol. The number of nitrogens with one attached hydrogen (secondary N) is 1. The molecule has 1 aliphatic rings. The van der Waals surface area contributed by atoms with Gasteiger partial charge in [-0.3, -0.25) is 4.79 Å². The number of amides is 1. The van der Waals surface area contributed by atoms with E-state index in [0.29, 0.717) is 11.6 Å². The summed E-state index contributed by atoms with van der Waals surface area (Å²) in [6.45, 7) is 0. The molecule has 0 bridgehead atoms. The van der Waals surface area contributed by atoms with E-state index in [1.54, 1.807) is 12.1 Å². The summed E-state index contributed by atoms with van der Waals surface area (Å²) in [6.07, 6.45) is 0.866. The monoisotopic (exact) mass is 255 g/mol. The van der Waals surface area contributed by atoms with Crippen molar-refractivity contribution >= 4 is 11.6 Å². The molecule has 2 aromatic carbocycles. The van der Waals surface area contributed by atoms with Crippen LogP contribution in [0.25, 0.3) is 0 Å². The van der Waals surface area contributed by atoms with Gasteiger partial charge in [-0.05, 0) is 36.1 Å². The lowest BCUT2D eigenvalue weighted by molar-refractivity contribution is -0.117. The normalized spacial score (nSPS) is 20.9. The van der Waals surface area contributed by atoms with Crippen LogP contribution in [0.1, 0.15) is 17.9 Å². The van der Waals surface area contributed by atoms with Crippen LogP contribution < -0.4 is 5.32 Å². The van der Waals surface area contributed by atoms with Gasteiger partial charge in [0.1, 0.15) is 5.82 Å². The molecule has 1 amide bonds. The first kappa shape index (κ1) is 11.9. The summed E-state index contributed by atoms with van der Waals surface area (Å²) in [5, 5.41) is 2.77. The lowest BCUT2D eigenvalue weighted by Crippen LogP contribution is -2.14. The minimum absolute atomic E-state index is 0.00525. The Labute approximate surface area is 111 Å². The maximum atomic E-state index is 13.0. The minimum Gasteiger partial charge on any atom is -0.326 e. The van der Waals surface area contributed by atoms with Gasteiger partial charge in [0.25, 0.3) is 0 Å². The van der Waals surface area contributed by atoms with Crippen molar-refractivity contribution < 1.29 is 9.18 Å². The van der Waals surface area contributed by atoms with Gasteiger partial charge in [0.05, 0.1) is 0 Å². The standard InChI is InChI=1S/C16H14FNO/c17-12-7-4-8-13(9-12)18-16(19)15-10-14(15)11-5-2-1-3-6-11/h1-9,14-15H,10H2,(H,18,19)/t14-,15-/m0/s1. The summed E-state index contributed by atoms with van der Waals surface area (Å²) in [7, 11) is 0. The number of halogens is 1. The summed E-state index contributed by atoms with van der Waals surface area (Å²) >= 11 is 0. The highest BCUT2D eigenvalue weighted by Gasteiger charge is 2.43. The summed E-state index contributed by atoms with van der Waals surface area (Å²) in [4.78, 5) is 12.0. The first-order valence-corrected chi connectivity index (χ1v) is 6.35. The summed E-state index contributed by atoms with van der Waals surface area (Å²) in [6, 6.07) is 16.0. The predicted octanol–water partition coefficient (Wildman–Crippen LogP) is 3.57. The van der Waals surface area contributed by atoms with Crippen molar-refractivity contribution in [3.63, 3.8) is 0 Å². The first-order valence-electron chi connectivity index (χ1n) is 6.35. The highest BCUT2D eigenvalue weighted by molar-refractivity contribution is 5.95. The predicted molar refractivity (Wildman–Crippen MR) is 72.3 cm³/mol. The van der Waals surface area contributed by atoms with Crippen LogP contribution in [0.3, 0.4) is 0 Å². The molecule has 2 atom stereocenters. The number of benzene rings is 2. The van der Waals surface area contributed by atoms with Crippen LogP contribution in [0.15, 0.2) is 54.6 Å². The van der Waals surface area contributed by atoms with Crippen LogP contribution in [0.2, 0.25) is 0 Å². The molecular formula is C16H14FNO. The highest BCUT2D eigenvalue weighted by Crippen LogP contribution is 2.47. The van der Waals surface area contributed by atoms with E-state index in [-0.39, 0.29) is 17.6 Å². The molecule has 0 saturated heterocycles. The fourth-order valence-corrected chi connectivity index (χ4v) is 2.35. The Morgan fingerprint density at radius 2 is 1.89 bits per heavy atom. The van der Waals surface area contributed by atoms with Crippen LogP contribution in [0.4, 0.5) is 10.1 Å². The number of carbonyl (C=O) groups excluding carboxylic acids is 1. The highest BCUT2D eigenvalue weighted by atomic mass is 19.1. The molecule has 1 saturated carbocycles. The Bertz CT molecular complexity index is 597. The summed E-state index contributed by atoms with van der Waals surface area (Å²) < 4.78 is 13.0. The maximum absolute atomic E-state index is 13.0. The molecule has 19 heavy (non-hydrogen) atoms. The first-order chi connectivity index (χ1) is 9.24. The van der Waals surface area contributed by atoms with Gasteiger partial charge in [-0.2, -0.15) is 0 Å². The van der Waals surface area contributed by atoms with Crippen molar-refractivity contribution in [2.45, 2.75) is 12.3 Å². The Balaban J connectivity index is 1.64. The van der Waals surface area contributed by atoms with E-state index in [4.69, 9.17) is 0 Å². The molecule has 0 aromatic heterocycles. The van der Waals surface area contributed by atoms with Gasteiger partial charge in [-0.25, -0.2) is 4.39 Å². The zero-order chi connectivity index (χ0) is 13.2. The molecule has 0 spiro atoms. The summed E-state index contributed by atoms with van der Waals surface area (Å²) in [5.41, 5.74) is 1.71. The molecule has 0 aliphatic heterocycles. The zero-order valence-electron chi connectivity index (χ0n) is 10.3. The van der Waals surface area contributed by atoms with E-state index in [9.17, 15) is 9.18 Å². The Morgan fingerprint density at radius 3 is 2.63 bits per heavy atom. The van der Waals surface area contributed by atoms with Gasteiger partial charge in [0.2, 0.25) is 5.91 Å². The van der Waals surface area contributed by atoms with Crippen LogP contribution in [-0.2, 0) is 4.79 Å². The molecule has 0 unspecified atom stereocenters. The third-order valence-electron chi connectivity index (χ3n) is 3.45. The molecule has 1 aliphatic carbocycles. The third-order valence-corrected chi connectivity index (χ3v) is 3.45. The van der Waals surface area contributed by atoms with E-state index in [1.807, 2.05) is 30.3 Å². The van der Waals surface area contributed by atoms with Crippen LogP contribution >= 0.6 is 0 Å². The SMILES string of the molecule is O=C(Nc1cccc(F)c1)[C@H]1C[C@H]1c1ccccc1. The van der Waals surface area contributed by atoms with Gasteiger partial charge in [0.15, 0.2) is 0 Å². The number of hydrogen-bond acceptors (Lipinski definition) is 1. The van der Waals surface area contributed by atoms with Crippen LogP contribution in [-0.4, -0.2) is 5.91 Å². The lowest BCUT2D eigenvalue weighted by atomic mass is 10.1. The van der Waals surface area contributed by atoms with Gasteiger partial charge in [-0.15, -0.1) is 0 Å². The molecule has 96 valence electrons. The van der Waals surface area contributed by atoms with E-state index in [0.717, 1.165) is 6.42 Å². The van der Waals surface area contributed by atoms with Gasteiger partial charge < -0.3 is 5.32 Å². The van der Waals surface area contributed by atoms with Crippen molar-refractivity contribution in [3.05, 3.63) is 66.0 Å². The smallest absolute Gasteiger partial charge is 0.228 e. The van der Waals surface area contributed by atoms with Crippen molar-refractivity contribution in [2.24, 2.45) is 5.92 Å². The maximum Gasteiger partial charge on any atom is 0.228 e. The molecule has 2 nitrogen and oxygen atoms in total. The Kier molecular flexibility index (Phi) is 3.03. The van der Waals surface area contributed by atoms with E-state index in [2.05, 4.69) is 5.32 Å². The second kappa shape index (κ2) is 4.84. The van der Waals surface area contributed by atoms with Gasteiger partial charge in [-0.1, -0.05) is 36.4 Å². The second-order valence-electron chi connectivity index (χ2n) is 4.86. The quantitative estimate of drug-likeness (QED) is 0.892. The zero-order valence-corrected chi connectivity index (χ0v) is 10.3. The van der Waals surface area contributed by atoms with Crippen molar-refractivity contribution in [1.82, 2.24) is 0 Å². The molecule has 3 heteroatoms. The van der Waals surface area contributed by atoms with E-state index in [1.165, 1.54) is 17.7 Å². The molecule has 1 N–H and O–H groups in total. The Morgan fingerprint density at radius 1 is 1.11 bits per heavy atom. The van der Waals surface area contributed by atoms with Crippen molar-refractivity contribution in [1.29, 1.82) is 0 Å². The lowest BCUT2D eigenvalue weighted by Gasteiger charge is -2.05. The molecule has 0 radical (unpaired) electrons. The average Bonchev–Trinajstić information content (AvgIpc) is 3.20. The van der Waals surface area contributed by atoms with Gasteiger partial charge in [0, 0.05) is 11.6 Å². The van der Waals surface area contributed by atoms with Gasteiger partial charge >= 0.3 is 0 Å². The number of hydrogen-bond donors (Lipinski definition) is 1. The second-order valence-corrected chi connectivity index (χ2v) is 4.86. The largest absolute Gasteiger partial charge is 0.326 e. The minimum atomic E-state index is -0.340. The number of anilines is 1.